The summed E-state index contributed by atoms with van der Waals surface area (Å²) in [4.78, 5) is 12.2. The van der Waals surface area contributed by atoms with E-state index >= 15 is 0 Å². The van der Waals surface area contributed by atoms with Gasteiger partial charge in [0, 0.05) is 30.9 Å². The Morgan fingerprint density at radius 2 is 2.12 bits per heavy atom. The molecular formula is C11H15N3O2S. The molecule has 17 heavy (non-hydrogen) atoms. The number of nitro benzene ring substituents is 1. The third kappa shape index (κ3) is 3.67. The van der Waals surface area contributed by atoms with Crippen molar-refractivity contribution in [3.05, 3.63) is 34.4 Å². The highest BCUT2D eigenvalue weighted by atomic mass is 32.1. The molecule has 0 aliphatic carbocycles. The van der Waals surface area contributed by atoms with Gasteiger partial charge in [-0.25, -0.2) is 0 Å². The molecule has 0 radical (unpaired) electrons. The molecule has 0 fully saturated rings. The van der Waals surface area contributed by atoms with Crippen molar-refractivity contribution >= 4 is 28.7 Å². The number of hydrogen-bond acceptors (Lipinski definition) is 3. The van der Waals surface area contributed by atoms with Crippen LogP contribution in [0.2, 0.25) is 0 Å². The summed E-state index contributed by atoms with van der Waals surface area (Å²) in [5.74, 6) is 0. The van der Waals surface area contributed by atoms with Crippen molar-refractivity contribution in [1.82, 2.24) is 4.90 Å². The Morgan fingerprint density at radius 3 is 2.65 bits per heavy atom. The summed E-state index contributed by atoms with van der Waals surface area (Å²) in [5, 5.41) is 14.2. The van der Waals surface area contributed by atoms with Gasteiger partial charge in [-0.15, -0.1) is 0 Å². The maximum absolute atomic E-state index is 10.6. The topological polar surface area (TPSA) is 58.4 Å². The SMILES string of the molecule is CCN(CC)C(=S)Nc1cccc([N+](=O)[O-])c1. The number of non-ortho nitro benzene ring substituents is 1. The van der Waals surface area contributed by atoms with E-state index in [1.165, 1.54) is 12.1 Å². The quantitative estimate of drug-likeness (QED) is 0.508. The molecule has 92 valence electrons. The van der Waals surface area contributed by atoms with E-state index in [0.29, 0.717) is 10.8 Å². The lowest BCUT2D eigenvalue weighted by atomic mass is 10.3. The number of nitrogens with zero attached hydrogens (tertiary/aromatic N) is 2. The fourth-order valence-corrected chi connectivity index (χ4v) is 1.79. The third-order valence-corrected chi connectivity index (χ3v) is 2.72. The lowest BCUT2D eigenvalue weighted by Gasteiger charge is -2.22. The fraction of sp³-hybridized carbons (Fsp3) is 0.364. The molecule has 0 aliphatic heterocycles. The van der Waals surface area contributed by atoms with Gasteiger partial charge in [0.15, 0.2) is 5.11 Å². The smallest absolute Gasteiger partial charge is 0.271 e. The van der Waals surface area contributed by atoms with E-state index in [-0.39, 0.29) is 5.69 Å². The van der Waals surface area contributed by atoms with Crippen molar-refractivity contribution in [2.75, 3.05) is 18.4 Å². The molecule has 0 amide bonds. The zero-order valence-corrected chi connectivity index (χ0v) is 10.7. The monoisotopic (exact) mass is 253 g/mol. The van der Waals surface area contributed by atoms with Gasteiger partial charge < -0.3 is 10.2 Å². The number of nitrogens with one attached hydrogen (secondary N) is 1. The zero-order valence-electron chi connectivity index (χ0n) is 9.84. The Morgan fingerprint density at radius 1 is 1.47 bits per heavy atom. The van der Waals surface area contributed by atoms with Crippen LogP contribution in [0.1, 0.15) is 13.8 Å². The van der Waals surface area contributed by atoms with Crippen LogP contribution in [0.3, 0.4) is 0 Å². The third-order valence-electron chi connectivity index (χ3n) is 2.36. The van der Waals surface area contributed by atoms with Crippen molar-refractivity contribution in [3.8, 4) is 0 Å². The van der Waals surface area contributed by atoms with Gasteiger partial charge in [0.05, 0.1) is 4.92 Å². The van der Waals surface area contributed by atoms with Crippen LogP contribution in [0.4, 0.5) is 11.4 Å². The Bertz CT molecular complexity index is 419. The summed E-state index contributed by atoms with van der Waals surface area (Å²) in [6.45, 7) is 5.62. The number of hydrogen-bond donors (Lipinski definition) is 1. The molecule has 5 nitrogen and oxygen atoms in total. The van der Waals surface area contributed by atoms with Gasteiger partial charge >= 0.3 is 0 Å². The van der Waals surface area contributed by atoms with E-state index in [4.69, 9.17) is 12.2 Å². The lowest BCUT2D eigenvalue weighted by molar-refractivity contribution is -0.384. The predicted octanol–water partition coefficient (Wildman–Crippen LogP) is 2.63. The highest BCUT2D eigenvalue weighted by molar-refractivity contribution is 7.80. The summed E-state index contributed by atoms with van der Waals surface area (Å²) in [7, 11) is 0. The van der Waals surface area contributed by atoms with E-state index in [9.17, 15) is 10.1 Å². The molecule has 0 atom stereocenters. The van der Waals surface area contributed by atoms with Gasteiger partial charge in [0.2, 0.25) is 0 Å². The van der Waals surface area contributed by atoms with E-state index in [2.05, 4.69) is 5.32 Å². The first-order valence-corrected chi connectivity index (χ1v) is 5.79. The summed E-state index contributed by atoms with van der Waals surface area (Å²) < 4.78 is 0. The second kappa shape index (κ2) is 6.15. The average Bonchev–Trinajstić information content (AvgIpc) is 2.30. The number of rotatable bonds is 4. The highest BCUT2D eigenvalue weighted by Crippen LogP contribution is 2.17. The average molecular weight is 253 g/mol. The molecule has 1 rings (SSSR count). The minimum absolute atomic E-state index is 0.0531. The van der Waals surface area contributed by atoms with Crippen molar-refractivity contribution in [2.24, 2.45) is 0 Å². The van der Waals surface area contributed by atoms with Crippen LogP contribution >= 0.6 is 12.2 Å². The maximum atomic E-state index is 10.6. The molecule has 0 saturated carbocycles. The van der Waals surface area contributed by atoms with Gasteiger partial charge in [0.25, 0.3) is 5.69 Å². The van der Waals surface area contributed by atoms with Crippen LogP contribution in [-0.4, -0.2) is 28.0 Å². The van der Waals surface area contributed by atoms with E-state index in [1.807, 2.05) is 18.7 Å². The molecule has 0 heterocycles. The first kappa shape index (κ1) is 13.4. The van der Waals surface area contributed by atoms with E-state index < -0.39 is 4.92 Å². The summed E-state index contributed by atoms with van der Waals surface area (Å²) >= 11 is 5.21. The normalized spacial score (nSPS) is 9.76. The molecule has 0 spiro atoms. The number of anilines is 1. The summed E-state index contributed by atoms with van der Waals surface area (Å²) in [6.07, 6.45) is 0. The van der Waals surface area contributed by atoms with Crippen LogP contribution < -0.4 is 5.32 Å². The minimum atomic E-state index is -0.425. The zero-order chi connectivity index (χ0) is 12.8. The van der Waals surface area contributed by atoms with Crippen molar-refractivity contribution in [2.45, 2.75) is 13.8 Å². The number of thiocarbonyl (C=S) groups is 1. The first-order chi connectivity index (χ1) is 8.08. The van der Waals surface area contributed by atoms with E-state index in [0.717, 1.165) is 13.1 Å². The molecule has 0 saturated heterocycles. The lowest BCUT2D eigenvalue weighted by Crippen LogP contribution is -2.34. The number of nitro groups is 1. The number of benzene rings is 1. The fourth-order valence-electron chi connectivity index (χ4n) is 1.41. The second-order valence-corrected chi connectivity index (χ2v) is 3.80. The molecule has 1 N–H and O–H groups in total. The molecule has 0 aliphatic rings. The molecule has 1 aromatic carbocycles. The molecule has 6 heteroatoms. The van der Waals surface area contributed by atoms with Gasteiger partial charge in [-0.1, -0.05) is 6.07 Å². The summed E-state index contributed by atoms with van der Waals surface area (Å²) in [5.41, 5.74) is 0.688. The van der Waals surface area contributed by atoms with Crippen molar-refractivity contribution in [1.29, 1.82) is 0 Å². The highest BCUT2D eigenvalue weighted by Gasteiger charge is 2.08. The largest absolute Gasteiger partial charge is 0.350 e. The maximum Gasteiger partial charge on any atom is 0.271 e. The second-order valence-electron chi connectivity index (χ2n) is 3.41. The predicted molar refractivity (Wildman–Crippen MR) is 72.2 cm³/mol. The Kier molecular flexibility index (Phi) is 4.84. The summed E-state index contributed by atoms with van der Waals surface area (Å²) in [6, 6.07) is 6.30. The Labute approximate surface area is 106 Å². The molecule has 0 aromatic heterocycles. The van der Waals surface area contributed by atoms with Crippen LogP contribution in [0.25, 0.3) is 0 Å². The van der Waals surface area contributed by atoms with Gasteiger partial charge in [-0.2, -0.15) is 0 Å². The van der Waals surface area contributed by atoms with Crippen molar-refractivity contribution < 1.29 is 4.92 Å². The molecular weight excluding hydrogens is 238 g/mol. The van der Waals surface area contributed by atoms with E-state index in [1.54, 1.807) is 12.1 Å². The minimum Gasteiger partial charge on any atom is -0.350 e. The van der Waals surface area contributed by atoms with Gasteiger partial charge in [0.1, 0.15) is 0 Å². The van der Waals surface area contributed by atoms with Gasteiger partial charge in [-0.3, -0.25) is 10.1 Å². The standard InChI is InChI=1S/C11H15N3O2S/c1-3-13(4-2)11(17)12-9-6-5-7-10(8-9)14(15)16/h5-8H,3-4H2,1-2H3,(H,12,17). The van der Waals surface area contributed by atoms with Gasteiger partial charge in [-0.05, 0) is 32.1 Å². The Hall–Kier alpha value is -1.69. The molecule has 0 bridgehead atoms. The van der Waals surface area contributed by atoms with Crippen LogP contribution in [0.5, 0.6) is 0 Å². The van der Waals surface area contributed by atoms with Crippen LogP contribution in [0.15, 0.2) is 24.3 Å². The Balaban J connectivity index is 2.78. The van der Waals surface area contributed by atoms with Crippen LogP contribution in [0, 0.1) is 10.1 Å². The molecule has 0 unspecified atom stereocenters. The first-order valence-electron chi connectivity index (χ1n) is 5.38. The molecule has 1 aromatic rings. The van der Waals surface area contributed by atoms with Crippen LogP contribution in [-0.2, 0) is 0 Å². The van der Waals surface area contributed by atoms with Crippen molar-refractivity contribution in [3.63, 3.8) is 0 Å².